The Morgan fingerprint density at radius 2 is 2.08 bits per heavy atom. The average Bonchev–Trinajstić information content (AvgIpc) is 3.02. The fourth-order valence-electron chi connectivity index (χ4n) is 3.12. The highest BCUT2D eigenvalue weighted by Crippen LogP contribution is 2.42. The Morgan fingerprint density at radius 1 is 1.36 bits per heavy atom. The summed E-state index contributed by atoms with van der Waals surface area (Å²) in [5.74, 6) is -0.844. The van der Waals surface area contributed by atoms with E-state index in [4.69, 9.17) is 14.2 Å². The first kappa shape index (κ1) is 17.9. The van der Waals surface area contributed by atoms with Gasteiger partial charge in [-0.15, -0.1) is 0 Å². The van der Waals surface area contributed by atoms with Crippen LogP contribution in [0.3, 0.4) is 0 Å². The number of nitrogens with one attached hydrogen (secondary N) is 2. The molecule has 1 aromatic rings. The zero-order valence-electron chi connectivity index (χ0n) is 14.4. The molecule has 2 aliphatic heterocycles. The standard InChI is InChI=1S/C16H23N3O6/c1-4-5-6-17-9-7-19(15(22)18-13(9)21)14-12-11(10(8-20)23-14)24-16(2,3)25-12/h4-5,7,10-12,14,17,20H,6,8H2,1-3H3,(H,18,21,22)/b5-4+/t10-,11?,12+,14-/m1/s1. The largest absolute Gasteiger partial charge is 0.394 e. The van der Waals surface area contributed by atoms with Crippen LogP contribution in [-0.4, -0.2) is 51.9 Å². The van der Waals surface area contributed by atoms with E-state index in [1.165, 1.54) is 10.8 Å². The van der Waals surface area contributed by atoms with E-state index in [1.54, 1.807) is 13.8 Å². The average molecular weight is 353 g/mol. The van der Waals surface area contributed by atoms with Gasteiger partial charge in [0.2, 0.25) is 0 Å². The molecule has 2 saturated heterocycles. The summed E-state index contributed by atoms with van der Waals surface area (Å²) < 4.78 is 18.7. The lowest BCUT2D eigenvalue weighted by Gasteiger charge is -2.24. The number of fused-ring (bicyclic) bond motifs is 1. The second kappa shape index (κ2) is 6.75. The van der Waals surface area contributed by atoms with Crippen LogP contribution in [0.2, 0.25) is 0 Å². The summed E-state index contributed by atoms with van der Waals surface area (Å²) in [4.78, 5) is 26.5. The third-order valence-electron chi connectivity index (χ3n) is 4.19. The number of anilines is 1. The minimum absolute atomic E-state index is 0.239. The van der Waals surface area contributed by atoms with E-state index in [9.17, 15) is 14.7 Å². The van der Waals surface area contributed by atoms with Gasteiger partial charge in [0.15, 0.2) is 12.0 Å². The quantitative estimate of drug-likeness (QED) is 0.635. The molecule has 0 bridgehead atoms. The van der Waals surface area contributed by atoms with E-state index >= 15 is 0 Å². The molecule has 3 rings (SSSR count). The van der Waals surface area contributed by atoms with Gasteiger partial charge in [-0.2, -0.15) is 0 Å². The van der Waals surface area contributed by atoms with Gasteiger partial charge in [-0.05, 0) is 20.8 Å². The molecule has 0 radical (unpaired) electrons. The Hall–Kier alpha value is -1.94. The Kier molecular flexibility index (Phi) is 4.83. The molecule has 3 heterocycles. The fourth-order valence-corrected chi connectivity index (χ4v) is 3.12. The van der Waals surface area contributed by atoms with Gasteiger partial charge < -0.3 is 24.6 Å². The third-order valence-corrected chi connectivity index (χ3v) is 4.19. The lowest BCUT2D eigenvalue weighted by atomic mass is 10.1. The molecule has 1 unspecified atom stereocenters. The maximum absolute atomic E-state index is 12.3. The number of H-pyrrole nitrogens is 1. The van der Waals surface area contributed by atoms with Gasteiger partial charge in [0.05, 0.1) is 6.61 Å². The molecule has 9 nitrogen and oxygen atoms in total. The van der Waals surface area contributed by atoms with Gasteiger partial charge in [-0.3, -0.25) is 14.3 Å². The molecule has 0 spiro atoms. The highest BCUT2D eigenvalue weighted by atomic mass is 16.8. The van der Waals surface area contributed by atoms with Crippen molar-refractivity contribution in [2.24, 2.45) is 0 Å². The summed E-state index contributed by atoms with van der Waals surface area (Å²) in [5.41, 5.74) is -0.886. The number of rotatable bonds is 5. The molecule has 2 aliphatic rings. The highest BCUT2D eigenvalue weighted by molar-refractivity contribution is 5.38. The van der Waals surface area contributed by atoms with E-state index in [2.05, 4.69) is 10.3 Å². The van der Waals surface area contributed by atoms with Crippen molar-refractivity contribution in [3.8, 4) is 0 Å². The van der Waals surface area contributed by atoms with Crippen LogP contribution in [0, 0.1) is 0 Å². The first-order valence-corrected chi connectivity index (χ1v) is 8.18. The van der Waals surface area contributed by atoms with Crippen LogP contribution in [0.4, 0.5) is 5.69 Å². The van der Waals surface area contributed by atoms with Crippen LogP contribution in [-0.2, 0) is 14.2 Å². The van der Waals surface area contributed by atoms with Gasteiger partial charge in [-0.25, -0.2) is 4.79 Å². The summed E-state index contributed by atoms with van der Waals surface area (Å²) in [7, 11) is 0. The molecule has 0 amide bonds. The van der Waals surface area contributed by atoms with Crippen molar-refractivity contribution in [1.29, 1.82) is 0 Å². The predicted molar refractivity (Wildman–Crippen MR) is 89.4 cm³/mol. The van der Waals surface area contributed by atoms with E-state index in [0.717, 1.165) is 0 Å². The number of nitrogens with zero attached hydrogens (tertiary/aromatic N) is 1. The molecule has 0 aliphatic carbocycles. The predicted octanol–water partition coefficient (Wildman–Crippen LogP) is -0.0656. The SMILES string of the molecule is C/C=C/CNc1cn([C@@H]2O[C@H](CO)C3OC(C)(C)O[C@@H]32)c(=O)[nH]c1=O. The summed E-state index contributed by atoms with van der Waals surface area (Å²) in [6.45, 7) is 5.57. The van der Waals surface area contributed by atoms with E-state index in [0.29, 0.717) is 6.54 Å². The molecule has 2 fully saturated rings. The van der Waals surface area contributed by atoms with Gasteiger partial charge in [0, 0.05) is 12.7 Å². The fraction of sp³-hybridized carbons (Fsp3) is 0.625. The van der Waals surface area contributed by atoms with Gasteiger partial charge in [-0.1, -0.05) is 12.2 Å². The minimum atomic E-state index is -0.844. The van der Waals surface area contributed by atoms with E-state index in [1.807, 2.05) is 19.1 Å². The van der Waals surface area contributed by atoms with Crippen molar-refractivity contribution in [1.82, 2.24) is 9.55 Å². The van der Waals surface area contributed by atoms with Crippen molar-refractivity contribution >= 4 is 5.69 Å². The number of hydrogen-bond acceptors (Lipinski definition) is 7. The molecule has 9 heteroatoms. The summed E-state index contributed by atoms with van der Waals surface area (Å²) in [5, 5.41) is 12.5. The van der Waals surface area contributed by atoms with Crippen LogP contribution in [0.15, 0.2) is 27.9 Å². The van der Waals surface area contributed by atoms with Gasteiger partial charge in [0.25, 0.3) is 5.56 Å². The molecule has 4 atom stereocenters. The lowest BCUT2D eigenvalue weighted by Crippen LogP contribution is -2.38. The van der Waals surface area contributed by atoms with Crippen LogP contribution in [0.25, 0.3) is 0 Å². The molecule has 138 valence electrons. The van der Waals surface area contributed by atoms with Crippen LogP contribution < -0.4 is 16.6 Å². The Labute approximate surface area is 144 Å². The Bertz CT molecular complexity index is 768. The number of hydrogen-bond donors (Lipinski definition) is 3. The number of aliphatic hydroxyl groups is 1. The monoisotopic (exact) mass is 353 g/mol. The number of aromatic amines is 1. The van der Waals surface area contributed by atoms with Crippen molar-refractivity contribution in [2.45, 2.75) is 51.1 Å². The van der Waals surface area contributed by atoms with E-state index < -0.39 is 41.6 Å². The second-order valence-corrected chi connectivity index (χ2v) is 6.47. The number of aromatic nitrogens is 2. The summed E-state index contributed by atoms with van der Waals surface area (Å²) in [6, 6.07) is 0. The topological polar surface area (TPSA) is 115 Å². The van der Waals surface area contributed by atoms with Crippen LogP contribution in [0.1, 0.15) is 27.0 Å². The summed E-state index contributed by atoms with van der Waals surface area (Å²) in [6.07, 6.45) is 2.60. The van der Waals surface area contributed by atoms with Crippen molar-refractivity contribution < 1.29 is 19.3 Å². The number of aliphatic hydroxyl groups excluding tert-OH is 1. The molecular formula is C16H23N3O6. The van der Waals surface area contributed by atoms with Crippen molar-refractivity contribution in [3.05, 3.63) is 39.2 Å². The molecule has 0 saturated carbocycles. The van der Waals surface area contributed by atoms with E-state index in [-0.39, 0.29) is 12.3 Å². The Balaban J connectivity index is 1.94. The number of allylic oxidation sites excluding steroid dienone is 1. The first-order valence-electron chi connectivity index (χ1n) is 8.18. The van der Waals surface area contributed by atoms with Crippen molar-refractivity contribution in [2.75, 3.05) is 18.5 Å². The lowest BCUT2D eigenvalue weighted by molar-refractivity contribution is -0.200. The van der Waals surface area contributed by atoms with Crippen LogP contribution >= 0.6 is 0 Å². The zero-order valence-corrected chi connectivity index (χ0v) is 14.4. The zero-order chi connectivity index (χ0) is 18.2. The third kappa shape index (κ3) is 3.40. The van der Waals surface area contributed by atoms with Crippen LogP contribution in [0.5, 0.6) is 0 Å². The molecule has 3 N–H and O–H groups in total. The molecule has 1 aromatic heterocycles. The maximum atomic E-state index is 12.3. The first-order chi connectivity index (χ1) is 11.9. The van der Waals surface area contributed by atoms with Crippen molar-refractivity contribution in [3.63, 3.8) is 0 Å². The molecule has 0 aromatic carbocycles. The second-order valence-electron chi connectivity index (χ2n) is 6.47. The van der Waals surface area contributed by atoms with Gasteiger partial charge in [0.1, 0.15) is 24.0 Å². The minimum Gasteiger partial charge on any atom is -0.394 e. The Morgan fingerprint density at radius 3 is 2.76 bits per heavy atom. The maximum Gasteiger partial charge on any atom is 0.330 e. The summed E-state index contributed by atoms with van der Waals surface area (Å²) >= 11 is 0. The smallest absolute Gasteiger partial charge is 0.330 e. The number of ether oxygens (including phenoxy) is 3. The molecular weight excluding hydrogens is 330 g/mol. The molecule has 25 heavy (non-hydrogen) atoms. The highest BCUT2D eigenvalue weighted by Gasteiger charge is 2.55. The normalized spacial score (nSPS) is 30.7. The van der Waals surface area contributed by atoms with Gasteiger partial charge >= 0.3 is 5.69 Å².